The molecule has 0 radical (unpaired) electrons. The average Bonchev–Trinajstić information content (AvgIpc) is 2.30. The number of likely N-dealkylation sites (tertiary alicyclic amines) is 1. The molecule has 1 atom stereocenters. The van der Waals surface area contributed by atoms with E-state index in [9.17, 15) is 4.79 Å². The monoisotopic (exact) mass is 184 g/mol. The van der Waals surface area contributed by atoms with Crippen LogP contribution in [0.1, 0.15) is 40.5 Å². The third-order valence-corrected chi connectivity index (χ3v) is 2.22. The van der Waals surface area contributed by atoms with Gasteiger partial charge in [0.15, 0.2) is 0 Å². The number of nitrogens with zero attached hydrogens (tertiary/aromatic N) is 1. The van der Waals surface area contributed by atoms with Gasteiger partial charge in [-0.3, -0.25) is 10.1 Å². The number of amides is 1. The fraction of sp³-hybridized carbons (Fsp3) is 0.900. The first-order valence-corrected chi connectivity index (χ1v) is 4.97. The normalized spacial score (nSPS) is 20.9. The lowest BCUT2D eigenvalue weighted by Crippen LogP contribution is -2.51. The lowest BCUT2D eigenvalue weighted by atomic mass is 10.1. The Kier molecular flexibility index (Phi) is 2.96. The fourth-order valence-electron chi connectivity index (χ4n) is 1.78. The van der Waals surface area contributed by atoms with E-state index in [1.54, 1.807) is 0 Å². The molecule has 3 heteroatoms. The summed E-state index contributed by atoms with van der Waals surface area (Å²) in [5.74, 6) is 0.282. The summed E-state index contributed by atoms with van der Waals surface area (Å²) in [7, 11) is 0. The van der Waals surface area contributed by atoms with Crippen LogP contribution in [0.3, 0.4) is 0 Å². The van der Waals surface area contributed by atoms with E-state index in [1.807, 2.05) is 4.90 Å². The smallest absolute Gasteiger partial charge is 0.223 e. The molecule has 1 saturated heterocycles. The van der Waals surface area contributed by atoms with Crippen LogP contribution in [0.5, 0.6) is 0 Å². The second-order valence-electron chi connectivity index (χ2n) is 4.76. The van der Waals surface area contributed by atoms with E-state index in [-0.39, 0.29) is 17.6 Å². The molecule has 0 aromatic heterocycles. The van der Waals surface area contributed by atoms with Gasteiger partial charge in [0.25, 0.3) is 0 Å². The van der Waals surface area contributed by atoms with Gasteiger partial charge < -0.3 is 4.90 Å². The molecule has 1 heterocycles. The minimum absolute atomic E-state index is 0.0717. The highest BCUT2D eigenvalue weighted by molar-refractivity contribution is 5.78. The molecule has 0 aromatic rings. The Morgan fingerprint density at radius 2 is 2.08 bits per heavy atom. The highest BCUT2D eigenvalue weighted by atomic mass is 16.2. The van der Waals surface area contributed by atoms with Crippen LogP contribution in [-0.2, 0) is 4.79 Å². The van der Waals surface area contributed by atoms with Gasteiger partial charge in [0.1, 0.15) is 0 Å². The van der Waals surface area contributed by atoms with Crippen LogP contribution >= 0.6 is 0 Å². The largest absolute Gasteiger partial charge is 0.327 e. The molecule has 1 aliphatic heterocycles. The molecule has 1 fully saturated rings. The Balaban J connectivity index is 2.47. The first kappa shape index (κ1) is 10.5. The van der Waals surface area contributed by atoms with E-state index in [4.69, 9.17) is 0 Å². The van der Waals surface area contributed by atoms with E-state index in [0.717, 1.165) is 19.4 Å². The van der Waals surface area contributed by atoms with Crippen molar-refractivity contribution in [2.24, 2.45) is 0 Å². The maximum absolute atomic E-state index is 11.4. The predicted octanol–water partition coefficient (Wildman–Crippen LogP) is 1.34. The van der Waals surface area contributed by atoms with E-state index in [0.29, 0.717) is 0 Å². The molecule has 0 spiro atoms. The van der Waals surface area contributed by atoms with E-state index < -0.39 is 0 Å². The van der Waals surface area contributed by atoms with Gasteiger partial charge in [0.2, 0.25) is 5.91 Å². The van der Waals surface area contributed by atoms with Gasteiger partial charge in [0, 0.05) is 18.5 Å². The third kappa shape index (κ3) is 2.99. The Hall–Kier alpha value is -0.570. The van der Waals surface area contributed by atoms with Crippen LogP contribution in [0.15, 0.2) is 0 Å². The van der Waals surface area contributed by atoms with Gasteiger partial charge in [-0.15, -0.1) is 0 Å². The van der Waals surface area contributed by atoms with Gasteiger partial charge in [-0.2, -0.15) is 0 Å². The summed E-state index contributed by atoms with van der Waals surface area (Å²) in [4.78, 5) is 13.3. The Bertz CT molecular complexity index is 196. The second kappa shape index (κ2) is 3.66. The molecule has 0 saturated carbocycles. The Morgan fingerprint density at radius 3 is 2.46 bits per heavy atom. The molecular formula is C10H20N2O. The molecular weight excluding hydrogens is 164 g/mol. The Morgan fingerprint density at radius 1 is 1.46 bits per heavy atom. The molecule has 1 amide bonds. The highest BCUT2D eigenvalue weighted by Crippen LogP contribution is 2.13. The maximum Gasteiger partial charge on any atom is 0.223 e. The van der Waals surface area contributed by atoms with Crippen molar-refractivity contribution in [3.05, 3.63) is 0 Å². The number of hydrogen-bond donors (Lipinski definition) is 1. The van der Waals surface area contributed by atoms with Gasteiger partial charge in [-0.25, -0.2) is 0 Å². The van der Waals surface area contributed by atoms with Crippen molar-refractivity contribution in [2.75, 3.05) is 6.54 Å². The molecule has 0 bridgehead atoms. The second-order valence-corrected chi connectivity index (χ2v) is 4.76. The molecule has 1 rings (SSSR count). The summed E-state index contributed by atoms with van der Waals surface area (Å²) >= 11 is 0. The average molecular weight is 184 g/mol. The molecule has 76 valence electrons. The van der Waals surface area contributed by atoms with Gasteiger partial charge in [-0.05, 0) is 34.1 Å². The maximum atomic E-state index is 11.4. The lowest BCUT2D eigenvalue weighted by molar-refractivity contribution is -0.130. The van der Waals surface area contributed by atoms with Crippen LogP contribution in [-0.4, -0.2) is 29.1 Å². The SMILES string of the molecule is CC(NC(C)(C)C)N1CCCC1=O. The van der Waals surface area contributed by atoms with Crippen molar-refractivity contribution in [2.45, 2.75) is 52.2 Å². The lowest BCUT2D eigenvalue weighted by Gasteiger charge is -2.32. The van der Waals surface area contributed by atoms with Crippen molar-refractivity contribution in [1.29, 1.82) is 0 Å². The standard InChI is InChI=1S/C10H20N2O/c1-8(11-10(2,3)4)12-7-5-6-9(12)13/h8,11H,5-7H2,1-4H3. The van der Waals surface area contributed by atoms with Crippen LogP contribution in [0.25, 0.3) is 0 Å². The number of carbonyl (C=O) groups is 1. The first-order chi connectivity index (χ1) is 5.90. The van der Waals surface area contributed by atoms with Crippen LogP contribution in [0.2, 0.25) is 0 Å². The Labute approximate surface area is 80.5 Å². The minimum atomic E-state index is 0.0717. The summed E-state index contributed by atoms with van der Waals surface area (Å²) in [6.07, 6.45) is 1.89. The van der Waals surface area contributed by atoms with Crippen molar-refractivity contribution in [3.63, 3.8) is 0 Å². The van der Waals surface area contributed by atoms with Crippen LogP contribution < -0.4 is 5.32 Å². The van der Waals surface area contributed by atoms with Crippen LogP contribution in [0, 0.1) is 0 Å². The molecule has 0 aliphatic carbocycles. The number of hydrogen-bond acceptors (Lipinski definition) is 2. The van der Waals surface area contributed by atoms with Crippen molar-refractivity contribution < 1.29 is 4.79 Å². The van der Waals surface area contributed by atoms with Crippen molar-refractivity contribution in [3.8, 4) is 0 Å². The van der Waals surface area contributed by atoms with Crippen molar-refractivity contribution in [1.82, 2.24) is 10.2 Å². The summed E-state index contributed by atoms with van der Waals surface area (Å²) in [6.45, 7) is 9.30. The number of carbonyl (C=O) groups excluding carboxylic acids is 1. The van der Waals surface area contributed by atoms with Gasteiger partial charge >= 0.3 is 0 Å². The molecule has 3 nitrogen and oxygen atoms in total. The molecule has 1 unspecified atom stereocenters. The molecule has 1 aliphatic rings. The van der Waals surface area contributed by atoms with Crippen LogP contribution in [0.4, 0.5) is 0 Å². The third-order valence-electron chi connectivity index (χ3n) is 2.22. The van der Waals surface area contributed by atoms with E-state index in [2.05, 4.69) is 33.0 Å². The fourth-order valence-corrected chi connectivity index (χ4v) is 1.78. The topological polar surface area (TPSA) is 32.3 Å². The van der Waals surface area contributed by atoms with Gasteiger partial charge in [0.05, 0.1) is 6.17 Å². The minimum Gasteiger partial charge on any atom is -0.327 e. The predicted molar refractivity (Wildman–Crippen MR) is 53.3 cm³/mol. The molecule has 13 heavy (non-hydrogen) atoms. The summed E-state index contributed by atoms with van der Waals surface area (Å²) in [6, 6.07) is 0. The zero-order valence-electron chi connectivity index (χ0n) is 9.05. The molecule has 0 aromatic carbocycles. The highest BCUT2D eigenvalue weighted by Gasteiger charge is 2.26. The van der Waals surface area contributed by atoms with E-state index >= 15 is 0 Å². The number of rotatable bonds is 2. The zero-order chi connectivity index (χ0) is 10.1. The molecule has 1 N–H and O–H groups in total. The number of nitrogens with one attached hydrogen (secondary N) is 1. The summed E-state index contributed by atoms with van der Waals surface area (Å²) < 4.78 is 0. The summed E-state index contributed by atoms with van der Waals surface area (Å²) in [5, 5.41) is 3.40. The quantitative estimate of drug-likeness (QED) is 0.702. The first-order valence-electron chi connectivity index (χ1n) is 4.97. The summed E-state index contributed by atoms with van der Waals surface area (Å²) in [5.41, 5.74) is 0.0717. The van der Waals surface area contributed by atoms with E-state index in [1.165, 1.54) is 0 Å². The zero-order valence-corrected chi connectivity index (χ0v) is 9.05. The van der Waals surface area contributed by atoms with Crippen molar-refractivity contribution >= 4 is 5.91 Å². The van der Waals surface area contributed by atoms with Gasteiger partial charge in [-0.1, -0.05) is 0 Å².